The molecule has 3 amide bonds. The van der Waals surface area contributed by atoms with Gasteiger partial charge in [-0.1, -0.05) is 11.6 Å². The Kier molecular flexibility index (Phi) is 7.33. The van der Waals surface area contributed by atoms with Crippen LogP contribution < -0.4 is 20.1 Å². The summed E-state index contributed by atoms with van der Waals surface area (Å²) in [7, 11) is -2.92. The summed E-state index contributed by atoms with van der Waals surface area (Å²) in [6.45, 7) is -0.199. The minimum atomic E-state index is -4.76. The molecular weight excluding hydrogens is 574 g/mol. The van der Waals surface area contributed by atoms with Crippen molar-refractivity contribution in [3.8, 4) is 5.75 Å². The molecule has 1 aromatic heterocycles. The average Bonchev–Trinajstić information content (AvgIpc) is 3.37. The second-order valence-electron chi connectivity index (χ2n) is 9.25. The smallest absolute Gasteiger partial charge is 0.408 e. The number of likely N-dealkylation sites (tertiary alicyclic amines) is 1. The van der Waals surface area contributed by atoms with Crippen molar-refractivity contribution in [3.05, 3.63) is 40.9 Å². The molecular formula is C22H22ClF4N5O6S. The van der Waals surface area contributed by atoms with Crippen molar-refractivity contribution in [2.75, 3.05) is 25.0 Å². The fraction of sp³-hybridized carbons (Fsp3) is 0.409. The van der Waals surface area contributed by atoms with E-state index in [4.69, 9.17) is 16.3 Å². The SMILES string of the molecule is C[C@@H](NC(=O)C(=O)N1CC[C@@]2(COc3c(cn(C)c3C(=O)Nc3ccc(F)c(Cl)c3)S(=O)(=O)N2)C1)C(F)(F)F. The van der Waals surface area contributed by atoms with E-state index in [1.54, 1.807) is 5.32 Å². The summed E-state index contributed by atoms with van der Waals surface area (Å²) >= 11 is 5.75. The first kappa shape index (κ1) is 28.6. The van der Waals surface area contributed by atoms with Gasteiger partial charge in [0.25, 0.3) is 5.91 Å². The molecule has 212 valence electrons. The van der Waals surface area contributed by atoms with Crippen LogP contribution in [0.5, 0.6) is 5.75 Å². The van der Waals surface area contributed by atoms with Crippen LogP contribution in [0.1, 0.15) is 23.8 Å². The summed E-state index contributed by atoms with van der Waals surface area (Å²) in [6, 6.07) is 1.19. The molecule has 0 bridgehead atoms. The molecule has 3 heterocycles. The van der Waals surface area contributed by atoms with E-state index in [0.29, 0.717) is 6.92 Å². The number of amides is 3. The van der Waals surface area contributed by atoms with Crippen LogP contribution in [0.25, 0.3) is 0 Å². The maximum absolute atomic E-state index is 13.5. The van der Waals surface area contributed by atoms with Gasteiger partial charge in [0.15, 0.2) is 11.4 Å². The Hall–Kier alpha value is -3.37. The molecule has 0 unspecified atom stereocenters. The summed E-state index contributed by atoms with van der Waals surface area (Å²) in [5.74, 6) is -4.52. The first-order valence-corrected chi connectivity index (χ1v) is 13.2. The van der Waals surface area contributed by atoms with Crippen molar-refractivity contribution in [2.45, 2.75) is 36.0 Å². The molecule has 3 N–H and O–H groups in total. The minimum absolute atomic E-state index is 0.0217. The van der Waals surface area contributed by atoms with Crippen molar-refractivity contribution >= 4 is 45.0 Å². The number of sulfonamides is 1. The van der Waals surface area contributed by atoms with Crippen LogP contribution in [0.3, 0.4) is 0 Å². The molecule has 1 fully saturated rings. The Balaban J connectivity index is 1.54. The monoisotopic (exact) mass is 595 g/mol. The molecule has 11 nitrogen and oxygen atoms in total. The van der Waals surface area contributed by atoms with Gasteiger partial charge in [-0.2, -0.15) is 17.9 Å². The van der Waals surface area contributed by atoms with Gasteiger partial charge in [0, 0.05) is 32.0 Å². The van der Waals surface area contributed by atoms with E-state index >= 15 is 0 Å². The van der Waals surface area contributed by atoms with Crippen LogP contribution in [-0.4, -0.2) is 73.1 Å². The van der Waals surface area contributed by atoms with Crippen LogP contribution in [0, 0.1) is 5.82 Å². The zero-order chi connectivity index (χ0) is 28.9. The summed E-state index contributed by atoms with van der Waals surface area (Å²) < 4.78 is 87.7. The highest BCUT2D eigenvalue weighted by Crippen LogP contribution is 2.37. The van der Waals surface area contributed by atoms with E-state index in [2.05, 4.69) is 10.0 Å². The second-order valence-corrected chi connectivity index (χ2v) is 11.3. The molecule has 0 radical (unpaired) electrons. The highest BCUT2D eigenvalue weighted by atomic mass is 35.5. The Morgan fingerprint density at radius 2 is 1.95 bits per heavy atom. The van der Waals surface area contributed by atoms with E-state index < -0.39 is 51.3 Å². The quantitative estimate of drug-likeness (QED) is 0.365. The van der Waals surface area contributed by atoms with Gasteiger partial charge in [-0.25, -0.2) is 12.8 Å². The number of hydrogen-bond acceptors (Lipinski definition) is 6. The summed E-state index contributed by atoms with van der Waals surface area (Å²) in [6.07, 6.45) is -3.63. The van der Waals surface area contributed by atoms with E-state index in [1.807, 2.05) is 0 Å². The number of nitrogens with one attached hydrogen (secondary N) is 3. The van der Waals surface area contributed by atoms with Crippen LogP contribution >= 0.6 is 11.6 Å². The molecule has 4 rings (SSSR count). The van der Waals surface area contributed by atoms with Gasteiger partial charge in [0.05, 0.1) is 10.6 Å². The van der Waals surface area contributed by atoms with E-state index in [1.165, 1.54) is 23.7 Å². The lowest BCUT2D eigenvalue weighted by Gasteiger charge is -2.27. The van der Waals surface area contributed by atoms with Gasteiger partial charge in [-0.15, -0.1) is 0 Å². The van der Waals surface area contributed by atoms with Gasteiger partial charge >= 0.3 is 18.0 Å². The number of aryl methyl sites for hydroxylation is 1. The molecule has 17 heteroatoms. The third kappa shape index (κ3) is 5.67. The van der Waals surface area contributed by atoms with Gasteiger partial charge < -0.3 is 24.8 Å². The molecule has 0 aliphatic carbocycles. The maximum Gasteiger partial charge on any atom is 0.408 e. The highest BCUT2D eigenvalue weighted by Gasteiger charge is 2.49. The molecule has 2 atom stereocenters. The molecule has 2 aliphatic heterocycles. The predicted molar refractivity (Wildman–Crippen MR) is 128 cm³/mol. The molecule has 2 aromatic rings. The number of aromatic nitrogens is 1. The van der Waals surface area contributed by atoms with Gasteiger partial charge in [-0.05, 0) is 31.5 Å². The molecule has 39 heavy (non-hydrogen) atoms. The van der Waals surface area contributed by atoms with Gasteiger partial charge in [0.2, 0.25) is 10.0 Å². The Labute approximate surface area is 224 Å². The standard InChI is InChI=1S/C22H22ClF4N5O6S/c1-11(22(25,26)27)28-19(34)20(35)32-6-5-21(9-32)10-38-17-15(39(36,37)30-21)8-31(2)16(17)18(33)29-12-3-4-14(24)13(23)7-12/h3-4,7-8,11,30H,5-6,9-10H2,1-2H3,(H,28,34)(H,29,33)/t11-,21+/m1/s1. The number of carbonyl (C=O) groups excluding carboxylic acids is 3. The zero-order valence-corrected chi connectivity index (χ0v) is 21.9. The lowest BCUT2D eigenvalue weighted by Crippen LogP contribution is -2.55. The number of benzene rings is 1. The van der Waals surface area contributed by atoms with Crippen molar-refractivity contribution in [3.63, 3.8) is 0 Å². The normalized spacial score (nSPS) is 21.1. The molecule has 1 spiro atoms. The second kappa shape index (κ2) is 9.98. The van der Waals surface area contributed by atoms with Gasteiger partial charge in [0.1, 0.15) is 23.4 Å². The van der Waals surface area contributed by atoms with E-state index in [9.17, 15) is 40.4 Å². The Morgan fingerprint density at radius 1 is 1.26 bits per heavy atom. The molecule has 0 saturated carbocycles. The third-order valence-corrected chi connectivity index (χ3v) is 8.16. The number of alkyl halides is 3. The number of fused-ring (bicyclic) bond motifs is 1. The molecule has 1 saturated heterocycles. The van der Waals surface area contributed by atoms with Crippen molar-refractivity contribution in [1.29, 1.82) is 0 Å². The number of nitrogens with zero attached hydrogens (tertiary/aromatic N) is 2. The summed E-state index contributed by atoms with van der Waals surface area (Å²) in [5, 5.41) is 3.82. The number of hydrogen-bond donors (Lipinski definition) is 3. The lowest BCUT2D eigenvalue weighted by atomic mass is 10.0. The third-order valence-electron chi connectivity index (χ3n) is 6.30. The number of carbonyl (C=O) groups is 3. The molecule has 1 aromatic carbocycles. The number of rotatable bonds is 3. The lowest BCUT2D eigenvalue weighted by molar-refractivity contribution is -0.162. The van der Waals surface area contributed by atoms with Crippen LogP contribution in [-0.2, 0) is 26.7 Å². The Morgan fingerprint density at radius 3 is 2.59 bits per heavy atom. The predicted octanol–water partition coefficient (Wildman–Crippen LogP) is 1.78. The summed E-state index contributed by atoms with van der Waals surface area (Å²) in [4.78, 5) is 38.2. The number of ether oxygens (including phenoxy) is 1. The average molecular weight is 596 g/mol. The fourth-order valence-electron chi connectivity index (χ4n) is 4.24. The van der Waals surface area contributed by atoms with Crippen LogP contribution in [0.15, 0.2) is 29.3 Å². The van der Waals surface area contributed by atoms with Crippen LogP contribution in [0.2, 0.25) is 5.02 Å². The van der Waals surface area contributed by atoms with Crippen molar-refractivity contribution in [2.24, 2.45) is 7.05 Å². The first-order valence-electron chi connectivity index (χ1n) is 11.3. The number of anilines is 1. The van der Waals surface area contributed by atoms with Crippen molar-refractivity contribution < 1.29 is 45.1 Å². The minimum Gasteiger partial charge on any atom is -0.488 e. The maximum atomic E-state index is 13.5. The van der Waals surface area contributed by atoms with E-state index in [-0.39, 0.29) is 53.2 Å². The highest BCUT2D eigenvalue weighted by molar-refractivity contribution is 7.89. The molecule has 2 aliphatic rings. The van der Waals surface area contributed by atoms with Crippen LogP contribution in [0.4, 0.5) is 23.2 Å². The van der Waals surface area contributed by atoms with Gasteiger partial charge in [-0.3, -0.25) is 14.4 Å². The first-order chi connectivity index (χ1) is 18.0. The van der Waals surface area contributed by atoms with Crippen molar-refractivity contribution in [1.82, 2.24) is 19.5 Å². The summed E-state index contributed by atoms with van der Waals surface area (Å²) in [5.41, 5.74) is -1.47. The topological polar surface area (TPSA) is 139 Å². The zero-order valence-electron chi connectivity index (χ0n) is 20.4. The Bertz CT molecular complexity index is 1460. The fourth-order valence-corrected chi connectivity index (χ4v) is 6.03. The van der Waals surface area contributed by atoms with E-state index in [0.717, 1.165) is 17.2 Å². The largest absolute Gasteiger partial charge is 0.488 e. The number of halogens is 5.